The average molecular weight is 368 g/mol. The third-order valence-electron chi connectivity index (χ3n) is 3.99. The molecular formula is C19H17FN4O3. The van der Waals surface area contributed by atoms with Crippen molar-refractivity contribution in [1.29, 1.82) is 0 Å². The minimum Gasteiger partial charge on any atom is -0.496 e. The highest BCUT2D eigenvalue weighted by Gasteiger charge is 2.14. The summed E-state index contributed by atoms with van der Waals surface area (Å²) in [6.07, 6.45) is 1.44. The Kier molecular flexibility index (Phi) is 5.16. The van der Waals surface area contributed by atoms with Crippen molar-refractivity contribution in [3.05, 3.63) is 71.2 Å². The number of carbonyl (C=O) groups is 2. The lowest BCUT2D eigenvalue weighted by molar-refractivity contribution is 0.0946. The second kappa shape index (κ2) is 7.69. The maximum absolute atomic E-state index is 13.4. The molecule has 0 bridgehead atoms. The van der Waals surface area contributed by atoms with Crippen LogP contribution in [0, 0.1) is 5.82 Å². The van der Waals surface area contributed by atoms with Crippen LogP contribution in [0.25, 0.3) is 11.3 Å². The summed E-state index contributed by atoms with van der Waals surface area (Å²) < 4.78 is 18.5. The highest BCUT2D eigenvalue weighted by Crippen LogP contribution is 2.22. The molecule has 138 valence electrons. The van der Waals surface area contributed by atoms with Crippen LogP contribution in [-0.2, 0) is 6.54 Å². The van der Waals surface area contributed by atoms with Crippen LogP contribution in [0.15, 0.2) is 48.7 Å². The first-order valence-electron chi connectivity index (χ1n) is 8.04. The van der Waals surface area contributed by atoms with E-state index in [1.54, 1.807) is 24.3 Å². The number of halogens is 1. The number of benzene rings is 2. The minimum atomic E-state index is -0.570. The molecule has 1 aromatic heterocycles. The van der Waals surface area contributed by atoms with Gasteiger partial charge in [-0.05, 0) is 23.8 Å². The standard InChI is InChI=1S/C19H17FN4O3/c1-27-16-7-6-13(20)8-14(16)19(26)22-9-11-2-4-12(5-3-11)17-15(18(21)25)10-23-24-17/h2-8,10H,9H2,1H3,(H2,21,25)(H,22,26)(H,23,24). The van der Waals surface area contributed by atoms with Crippen molar-refractivity contribution < 1.29 is 18.7 Å². The molecule has 0 aliphatic heterocycles. The number of nitrogens with one attached hydrogen (secondary N) is 2. The zero-order valence-corrected chi connectivity index (χ0v) is 14.5. The molecule has 27 heavy (non-hydrogen) atoms. The lowest BCUT2D eigenvalue weighted by Crippen LogP contribution is -2.23. The number of primary amides is 1. The molecule has 3 rings (SSSR count). The first-order valence-corrected chi connectivity index (χ1v) is 8.04. The van der Waals surface area contributed by atoms with Crippen LogP contribution in [0.4, 0.5) is 4.39 Å². The van der Waals surface area contributed by atoms with E-state index in [1.165, 1.54) is 25.4 Å². The molecule has 0 fully saturated rings. The number of aromatic nitrogens is 2. The van der Waals surface area contributed by atoms with Gasteiger partial charge in [-0.2, -0.15) is 5.10 Å². The molecule has 0 saturated carbocycles. The van der Waals surface area contributed by atoms with Gasteiger partial charge in [0.15, 0.2) is 0 Å². The molecule has 3 aromatic rings. The Labute approximate surface area is 154 Å². The average Bonchev–Trinajstić information content (AvgIpc) is 3.16. The molecule has 0 aliphatic carbocycles. The zero-order valence-electron chi connectivity index (χ0n) is 14.5. The van der Waals surface area contributed by atoms with Crippen LogP contribution in [0.5, 0.6) is 5.75 Å². The van der Waals surface area contributed by atoms with Gasteiger partial charge in [-0.15, -0.1) is 0 Å². The molecule has 7 nitrogen and oxygen atoms in total. The van der Waals surface area contributed by atoms with Crippen molar-refractivity contribution in [2.45, 2.75) is 6.54 Å². The molecule has 2 aromatic carbocycles. The summed E-state index contributed by atoms with van der Waals surface area (Å²) in [4.78, 5) is 23.7. The van der Waals surface area contributed by atoms with E-state index in [2.05, 4.69) is 15.5 Å². The SMILES string of the molecule is COc1ccc(F)cc1C(=O)NCc1ccc(-c2n[nH]cc2C(N)=O)cc1. The number of nitrogens with two attached hydrogens (primary N) is 1. The molecule has 0 spiro atoms. The van der Waals surface area contributed by atoms with Crippen molar-refractivity contribution >= 4 is 11.8 Å². The Morgan fingerprint density at radius 1 is 1.19 bits per heavy atom. The molecule has 0 radical (unpaired) electrons. The molecule has 0 unspecified atom stereocenters. The van der Waals surface area contributed by atoms with Crippen molar-refractivity contribution in [3.8, 4) is 17.0 Å². The topological polar surface area (TPSA) is 110 Å². The molecule has 0 aliphatic rings. The van der Waals surface area contributed by atoms with E-state index < -0.39 is 17.6 Å². The minimum absolute atomic E-state index is 0.122. The number of hydrogen-bond acceptors (Lipinski definition) is 4. The Hall–Kier alpha value is -3.68. The Bertz CT molecular complexity index is 983. The fourth-order valence-corrected chi connectivity index (χ4v) is 2.61. The molecule has 2 amide bonds. The predicted molar refractivity (Wildman–Crippen MR) is 96.7 cm³/mol. The predicted octanol–water partition coefficient (Wildman–Crippen LogP) is 2.25. The fourth-order valence-electron chi connectivity index (χ4n) is 2.61. The van der Waals surface area contributed by atoms with Crippen molar-refractivity contribution in [2.75, 3.05) is 7.11 Å². The summed E-state index contributed by atoms with van der Waals surface area (Å²) >= 11 is 0. The van der Waals surface area contributed by atoms with Crippen LogP contribution >= 0.6 is 0 Å². The normalized spacial score (nSPS) is 10.4. The van der Waals surface area contributed by atoms with Gasteiger partial charge in [0.25, 0.3) is 11.8 Å². The third kappa shape index (κ3) is 3.95. The fraction of sp³-hybridized carbons (Fsp3) is 0.105. The van der Waals surface area contributed by atoms with Gasteiger partial charge in [-0.1, -0.05) is 24.3 Å². The molecule has 4 N–H and O–H groups in total. The van der Waals surface area contributed by atoms with Crippen LogP contribution in [0.2, 0.25) is 0 Å². The smallest absolute Gasteiger partial charge is 0.255 e. The number of aromatic amines is 1. The Balaban J connectivity index is 1.71. The number of carbonyl (C=O) groups excluding carboxylic acids is 2. The number of nitrogens with zero attached hydrogens (tertiary/aromatic N) is 1. The van der Waals surface area contributed by atoms with E-state index >= 15 is 0 Å². The second-order valence-electron chi connectivity index (χ2n) is 5.74. The number of ether oxygens (including phenoxy) is 1. The van der Waals surface area contributed by atoms with Gasteiger partial charge in [-0.3, -0.25) is 14.7 Å². The maximum atomic E-state index is 13.4. The van der Waals surface area contributed by atoms with E-state index in [1.807, 2.05) is 0 Å². The first-order chi connectivity index (χ1) is 13.0. The monoisotopic (exact) mass is 368 g/mol. The van der Waals surface area contributed by atoms with Gasteiger partial charge in [-0.25, -0.2) is 4.39 Å². The van der Waals surface area contributed by atoms with Gasteiger partial charge < -0.3 is 15.8 Å². The summed E-state index contributed by atoms with van der Waals surface area (Å²) in [6.45, 7) is 0.238. The largest absolute Gasteiger partial charge is 0.496 e. The van der Waals surface area contributed by atoms with E-state index in [0.717, 1.165) is 11.6 Å². The van der Waals surface area contributed by atoms with Gasteiger partial charge >= 0.3 is 0 Å². The second-order valence-corrected chi connectivity index (χ2v) is 5.74. The lowest BCUT2D eigenvalue weighted by atomic mass is 10.1. The summed E-state index contributed by atoms with van der Waals surface area (Å²) in [5.41, 5.74) is 7.73. The third-order valence-corrected chi connectivity index (χ3v) is 3.99. The number of methoxy groups -OCH3 is 1. The van der Waals surface area contributed by atoms with Crippen LogP contribution in [0.3, 0.4) is 0 Å². The van der Waals surface area contributed by atoms with Gasteiger partial charge in [0.2, 0.25) is 0 Å². The molecule has 0 saturated heterocycles. The van der Waals surface area contributed by atoms with Crippen molar-refractivity contribution in [1.82, 2.24) is 15.5 Å². The molecule has 1 heterocycles. The van der Waals surface area contributed by atoms with Crippen LogP contribution < -0.4 is 15.8 Å². The van der Waals surface area contributed by atoms with E-state index in [9.17, 15) is 14.0 Å². The summed E-state index contributed by atoms with van der Waals surface area (Å²) in [5, 5.41) is 9.37. The van der Waals surface area contributed by atoms with Gasteiger partial charge in [0, 0.05) is 18.3 Å². The summed E-state index contributed by atoms with van der Waals surface area (Å²) in [7, 11) is 1.41. The molecule has 8 heteroatoms. The Morgan fingerprint density at radius 3 is 2.59 bits per heavy atom. The first kappa shape index (κ1) is 18.1. The number of hydrogen-bond donors (Lipinski definition) is 3. The molecular weight excluding hydrogens is 351 g/mol. The van der Waals surface area contributed by atoms with Gasteiger partial charge in [0.05, 0.1) is 18.2 Å². The van der Waals surface area contributed by atoms with E-state index in [-0.39, 0.29) is 12.1 Å². The van der Waals surface area contributed by atoms with Crippen LogP contribution in [-0.4, -0.2) is 29.1 Å². The molecule has 0 atom stereocenters. The highest BCUT2D eigenvalue weighted by molar-refractivity contribution is 5.98. The highest BCUT2D eigenvalue weighted by atomic mass is 19.1. The number of rotatable bonds is 6. The number of amides is 2. The van der Waals surface area contributed by atoms with Crippen molar-refractivity contribution in [2.24, 2.45) is 5.73 Å². The van der Waals surface area contributed by atoms with E-state index in [0.29, 0.717) is 22.6 Å². The van der Waals surface area contributed by atoms with Crippen molar-refractivity contribution in [3.63, 3.8) is 0 Å². The zero-order chi connectivity index (χ0) is 19.4. The summed E-state index contributed by atoms with van der Waals surface area (Å²) in [6, 6.07) is 10.9. The van der Waals surface area contributed by atoms with E-state index in [4.69, 9.17) is 10.5 Å². The van der Waals surface area contributed by atoms with Gasteiger partial charge in [0.1, 0.15) is 17.3 Å². The maximum Gasteiger partial charge on any atom is 0.255 e. The Morgan fingerprint density at radius 2 is 1.93 bits per heavy atom. The van der Waals surface area contributed by atoms with Crippen LogP contribution in [0.1, 0.15) is 26.3 Å². The lowest BCUT2D eigenvalue weighted by Gasteiger charge is -2.10. The quantitative estimate of drug-likeness (QED) is 0.620. The summed E-state index contributed by atoms with van der Waals surface area (Å²) in [5.74, 6) is -1.24. The number of H-pyrrole nitrogens is 1.